The number of nitrogens with one attached hydrogen (secondary N) is 2. The predicted octanol–water partition coefficient (Wildman–Crippen LogP) is 3.88. The summed E-state index contributed by atoms with van der Waals surface area (Å²) in [7, 11) is 2.71. The molecule has 2 amide bonds. The molecule has 3 rings (SSSR count). The summed E-state index contributed by atoms with van der Waals surface area (Å²) in [6.45, 7) is 1.94. The summed E-state index contributed by atoms with van der Waals surface area (Å²) < 4.78 is 10.8. The molecule has 1 aliphatic heterocycles. The lowest BCUT2D eigenvalue weighted by Crippen LogP contribution is -2.44. The zero-order valence-corrected chi connectivity index (χ0v) is 21.1. The van der Waals surface area contributed by atoms with Crippen molar-refractivity contribution < 1.29 is 23.9 Å². The Labute approximate surface area is 209 Å². The third-order valence-electron chi connectivity index (χ3n) is 5.20. The number of carbonyl (C=O) groups is 3. The maximum absolute atomic E-state index is 12.9. The Morgan fingerprint density at radius 2 is 1.91 bits per heavy atom. The van der Waals surface area contributed by atoms with Crippen LogP contribution in [0.4, 0.5) is 5.69 Å². The molecule has 1 aliphatic rings. The molecule has 8 nitrogen and oxygen atoms in total. The number of hydrogen-bond donors (Lipinski definition) is 2. The van der Waals surface area contributed by atoms with E-state index < -0.39 is 23.7 Å². The number of nitriles is 1. The van der Waals surface area contributed by atoms with E-state index in [1.807, 2.05) is 19.1 Å². The van der Waals surface area contributed by atoms with Crippen molar-refractivity contribution in [3.63, 3.8) is 0 Å². The number of ether oxygens (including phenoxy) is 2. The highest BCUT2D eigenvalue weighted by molar-refractivity contribution is 9.10. The molecule has 10 heteroatoms. The molecule has 176 valence electrons. The van der Waals surface area contributed by atoms with Gasteiger partial charge < -0.3 is 20.1 Å². The highest BCUT2D eigenvalue weighted by Crippen LogP contribution is 2.40. The topological polar surface area (TPSA) is 118 Å². The number of anilines is 1. The number of hydrogen-bond acceptors (Lipinski definition) is 7. The summed E-state index contributed by atoms with van der Waals surface area (Å²) in [5, 5.41) is 15.6. The summed E-state index contributed by atoms with van der Waals surface area (Å²) in [6.07, 6.45) is 0. The highest BCUT2D eigenvalue weighted by Gasteiger charge is 2.44. The number of aryl methyl sites for hydroxylation is 1. The molecule has 0 bridgehead atoms. The molecule has 2 N–H and O–H groups in total. The Morgan fingerprint density at radius 3 is 2.50 bits per heavy atom. The molecule has 34 heavy (non-hydrogen) atoms. The second kappa shape index (κ2) is 11.2. The molecule has 0 aromatic heterocycles. The van der Waals surface area contributed by atoms with Crippen molar-refractivity contribution in [2.24, 2.45) is 5.92 Å². The lowest BCUT2D eigenvalue weighted by atomic mass is 9.78. The van der Waals surface area contributed by atoms with Crippen molar-refractivity contribution >= 4 is 51.2 Å². The highest BCUT2D eigenvalue weighted by atomic mass is 79.9. The average molecular weight is 544 g/mol. The van der Waals surface area contributed by atoms with Crippen LogP contribution < -0.4 is 15.4 Å². The Balaban J connectivity index is 1.89. The van der Waals surface area contributed by atoms with Gasteiger partial charge in [0.2, 0.25) is 11.8 Å². The van der Waals surface area contributed by atoms with Crippen molar-refractivity contribution in [1.29, 1.82) is 5.26 Å². The fourth-order valence-corrected chi connectivity index (χ4v) is 4.98. The first-order chi connectivity index (χ1) is 16.3. The monoisotopic (exact) mass is 543 g/mol. The van der Waals surface area contributed by atoms with Gasteiger partial charge >= 0.3 is 5.97 Å². The number of esters is 1. The van der Waals surface area contributed by atoms with E-state index in [-0.39, 0.29) is 22.3 Å². The number of carbonyl (C=O) groups excluding carboxylic acids is 3. The van der Waals surface area contributed by atoms with Crippen LogP contribution in [-0.2, 0) is 19.1 Å². The van der Waals surface area contributed by atoms with Gasteiger partial charge in [-0.3, -0.25) is 14.4 Å². The standard InChI is InChI=1S/C24H22BrN3O5S/c1-13-4-9-18(17(25)10-13)27-19(29)12-34-23-16(11-26)20(14-5-7-15(32-2)8-6-14)21(22(30)28-23)24(31)33-3/h4-10,20-21H,12H2,1-3H3,(H,27,29)(H,28,30)/t20-,21+/m0/s1. The summed E-state index contributed by atoms with van der Waals surface area (Å²) in [6, 6.07) is 14.4. The van der Waals surface area contributed by atoms with Crippen LogP contribution in [0.15, 0.2) is 57.5 Å². The lowest BCUT2D eigenvalue weighted by Gasteiger charge is -2.31. The number of halogens is 1. The van der Waals surface area contributed by atoms with Gasteiger partial charge in [0.25, 0.3) is 0 Å². The normalized spacial score (nSPS) is 17.4. The van der Waals surface area contributed by atoms with Crippen LogP contribution in [0.5, 0.6) is 5.75 Å². The SMILES string of the molecule is COC(=O)[C@H]1C(=O)NC(SCC(=O)Nc2ccc(C)cc2Br)=C(C#N)[C@@H]1c1ccc(OC)cc1. The minimum absolute atomic E-state index is 0.0562. The summed E-state index contributed by atoms with van der Waals surface area (Å²) in [5.74, 6) is -3.24. The van der Waals surface area contributed by atoms with E-state index in [2.05, 4.69) is 32.6 Å². The summed E-state index contributed by atoms with van der Waals surface area (Å²) in [4.78, 5) is 37.9. The largest absolute Gasteiger partial charge is 0.497 e. The number of amides is 2. The molecule has 0 saturated heterocycles. The van der Waals surface area contributed by atoms with E-state index >= 15 is 0 Å². The third-order valence-corrected chi connectivity index (χ3v) is 6.88. The third kappa shape index (κ3) is 5.61. The average Bonchev–Trinajstić information content (AvgIpc) is 2.83. The molecule has 0 saturated carbocycles. The molecular formula is C24H22BrN3O5S. The first-order valence-electron chi connectivity index (χ1n) is 10.1. The van der Waals surface area contributed by atoms with Crippen LogP contribution >= 0.6 is 27.7 Å². The Hall–Kier alpha value is -3.29. The number of nitrogens with zero attached hydrogens (tertiary/aromatic N) is 1. The second-order valence-corrected chi connectivity index (χ2v) is 9.26. The van der Waals surface area contributed by atoms with Crippen molar-refractivity contribution in [1.82, 2.24) is 5.32 Å². The van der Waals surface area contributed by atoms with Crippen LogP contribution in [0.25, 0.3) is 0 Å². The summed E-state index contributed by atoms with van der Waals surface area (Å²) in [5.41, 5.74) is 2.40. The first-order valence-corrected chi connectivity index (χ1v) is 11.9. The molecule has 0 unspecified atom stereocenters. The summed E-state index contributed by atoms with van der Waals surface area (Å²) >= 11 is 4.44. The molecular weight excluding hydrogens is 522 g/mol. The molecule has 2 aromatic rings. The Bertz CT molecular complexity index is 1190. The van der Waals surface area contributed by atoms with Gasteiger partial charge in [-0.25, -0.2) is 0 Å². The van der Waals surface area contributed by atoms with Crippen molar-refractivity contribution in [3.05, 3.63) is 68.7 Å². The van der Waals surface area contributed by atoms with Crippen molar-refractivity contribution in [2.75, 3.05) is 25.3 Å². The van der Waals surface area contributed by atoms with Crippen LogP contribution in [0.2, 0.25) is 0 Å². The maximum Gasteiger partial charge on any atom is 0.319 e. The fourth-order valence-electron chi connectivity index (χ4n) is 3.54. The molecule has 0 spiro atoms. The van der Waals surface area contributed by atoms with Crippen LogP contribution in [0, 0.1) is 24.2 Å². The van der Waals surface area contributed by atoms with E-state index in [1.165, 1.54) is 14.2 Å². The van der Waals surface area contributed by atoms with Crippen LogP contribution in [-0.4, -0.2) is 37.8 Å². The van der Waals surface area contributed by atoms with Crippen molar-refractivity contribution in [3.8, 4) is 11.8 Å². The molecule has 0 radical (unpaired) electrons. The van der Waals surface area contributed by atoms with Gasteiger partial charge in [-0.1, -0.05) is 30.0 Å². The van der Waals surface area contributed by atoms with Gasteiger partial charge in [-0.05, 0) is 58.2 Å². The van der Waals surface area contributed by atoms with Crippen LogP contribution in [0.1, 0.15) is 17.0 Å². The number of benzene rings is 2. The van der Waals surface area contributed by atoms with Gasteiger partial charge in [0, 0.05) is 10.4 Å². The Morgan fingerprint density at radius 1 is 1.21 bits per heavy atom. The van der Waals surface area contributed by atoms with Gasteiger partial charge in [-0.15, -0.1) is 0 Å². The molecule has 2 aromatic carbocycles. The van der Waals surface area contributed by atoms with Gasteiger partial charge in [0.15, 0.2) is 0 Å². The maximum atomic E-state index is 12.9. The molecule has 0 fully saturated rings. The van der Waals surface area contributed by atoms with E-state index in [0.29, 0.717) is 17.0 Å². The van der Waals surface area contributed by atoms with E-state index in [1.54, 1.807) is 30.3 Å². The number of allylic oxidation sites excluding steroid dienone is 1. The van der Waals surface area contributed by atoms with E-state index in [4.69, 9.17) is 9.47 Å². The minimum atomic E-state index is -1.24. The van der Waals surface area contributed by atoms with Crippen molar-refractivity contribution in [2.45, 2.75) is 12.8 Å². The zero-order valence-electron chi connectivity index (χ0n) is 18.7. The predicted molar refractivity (Wildman–Crippen MR) is 132 cm³/mol. The number of thioether (sulfide) groups is 1. The van der Waals surface area contributed by atoms with E-state index in [0.717, 1.165) is 21.8 Å². The first kappa shape index (κ1) is 25.3. The fraction of sp³-hybridized carbons (Fsp3) is 0.250. The molecule has 2 atom stereocenters. The number of rotatable bonds is 7. The molecule has 0 aliphatic carbocycles. The zero-order chi connectivity index (χ0) is 24.8. The Kier molecular flexibility index (Phi) is 8.36. The van der Waals surface area contributed by atoms with E-state index in [9.17, 15) is 19.6 Å². The minimum Gasteiger partial charge on any atom is -0.497 e. The van der Waals surface area contributed by atoms with Gasteiger partial charge in [0.05, 0.1) is 42.3 Å². The van der Waals surface area contributed by atoms with Crippen LogP contribution in [0.3, 0.4) is 0 Å². The number of methoxy groups -OCH3 is 2. The second-order valence-electron chi connectivity index (χ2n) is 7.42. The smallest absolute Gasteiger partial charge is 0.319 e. The quantitative estimate of drug-likeness (QED) is 0.402. The lowest BCUT2D eigenvalue weighted by molar-refractivity contribution is -0.150. The molecule has 1 heterocycles. The van der Waals surface area contributed by atoms with Gasteiger partial charge in [-0.2, -0.15) is 5.26 Å². The van der Waals surface area contributed by atoms with Gasteiger partial charge in [0.1, 0.15) is 11.7 Å².